The SMILES string of the molecule is Cl.O=C(OCC1c2ccccc2-c2ccccc21)N1CCNCC1. The number of rotatable bonds is 2. The molecule has 2 aromatic carbocycles. The Kier molecular flexibility index (Phi) is 5.07. The fraction of sp³-hybridized carbons (Fsp3) is 0.316. The van der Waals surface area contributed by atoms with E-state index in [1.165, 1.54) is 22.3 Å². The van der Waals surface area contributed by atoms with E-state index in [-0.39, 0.29) is 24.4 Å². The van der Waals surface area contributed by atoms with Crippen LogP contribution in [0.2, 0.25) is 0 Å². The number of carbonyl (C=O) groups excluding carboxylic acids is 1. The molecule has 0 radical (unpaired) electrons. The van der Waals surface area contributed by atoms with E-state index < -0.39 is 0 Å². The first-order chi connectivity index (χ1) is 11.3. The second kappa shape index (κ2) is 7.24. The van der Waals surface area contributed by atoms with Crippen LogP contribution in [-0.4, -0.2) is 43.8 Å². The average molecular weight is 345 g/mol. The van der Waals surface area contributed by atoms with Crippen molar-refractivity contribution < 1.29 is 9.53 Å². The van der Waals surface area contributed by atoms with Gasteiger partial charge in [-0.05, 0) is 22.3 Å². The summed E-state index contributed by atoms with van der Waals surface area (Å²) >= 11 is 0. The smallest absolute Gasteiger partial charge is 0.409 e. The lowest BCUT2D eigenvalue weighted by Gasteiger charge is -2.27. The number of nitrogens with one attached hydrogen (secondary N) is 1. The van der Waals surface area contributed by atoms with Crippen molar-refractivity contribution in [2.45, 2.75) is 5.92 Å². The molecule has 0 spiro atoms. The predicted octanol–water partition coefficient (Wildman–Crippen LogP) is 3.26. The summed E-state index contributed by atoms with van der Waals surface area (Å²) in [6.07, 6.45) is -0.201. The van der Waals surface area contributed by atoms with E-state index >= 15 is 0 Å². The Morgan fingerprint density at radius 3 is 2.12 bits per heavy atom. The molecule has 0 atom stereocenters. The van der Waals surface area contributed by atoms with Gasteiger partial charge in [0.1, 0.15) is 6.61 Å². The first-order valence-corrected chi connectivity index (χ1v) is 8.15. The fourth-order valence-electron chi connectivity index (χ4n) is 3.53. The van der Waals surface area contributed by atoms with Crippen molar-refractivity contribution in [1.82, 2.24) is 10.2 Å². The number of nitrogens with zero attached hydrogens (tertiary/aromatic N) is 1. The Hall–Kier alpha value is -2.04. The first-order valence-electron chi connectivity index (χ1n) is 8.15. The summed E-state index contributed by atoms with van der Waals surface area (Å²) < 4.78 is 5.64. The van der Waals surface area contributed by atoms with Crippen LogP contribution in [0, 0.1) is 0 Å². The van der Waals surface area contributed by atoms with Crippen LogP contribution in [-0.2, 0) is 4.74 Å². The maximum absolute atomic E-state index is 12.3. The summed E-state index contributed by atoms with van der Waals surface area (Å²) in [5.74, 6) is 0.134. The van der Waals surface area contributed by atoms with E-state index in [1.807, 2.05) is 0 Å². The lowest BCUT2D eigenvalue weighted by molar-refractivity contribution is 0.0953. The van der Waals surface area contributed by atoms with Gasteiger partial charge in [0.2, 0.25) is 0 Å². The van der Waals surface area contributed by atoms with Gasteiger partial charge >= 0.3 is 6.09 Å². The van der Waals surface area contributed by atoms with Gasteiger partial charge in [0, 0.05) is 32.1 Å². The zero-order valence-electron chi connectivity index (χ0n) is 13.4. The molecule has 2 aromatic rings. The van der Waals surface area contributed by atoms with E-state index in [0.717, 1.165) is 26.2 Å². The Bertz CT molecular complexity index is 683. The maximum Gasteiger partial charge on any atom is 0.409 e. The van der Waals surface area contributed by atoms with Crippen molar-refractivity contribution >= 4 is 18.5 Å². The van der Waals surface area contributed by atoms with Crippen LogP contribution in [0.15, 0.2) is 48.5 Å². The molecule has 126 valence electrons. The number of amides is 1. The third kappa shape index (κ3) is 2.99. The summed E-state index contributed by atoms with van der Waals surface area (Å²) in [7, 11) is 0. The summed E-state index contributed by atoms with van der Waals surface area (Å²) in [5.41, 5.74) is 5.02. The quantitative estimate of drug-likeness (QED) is 0.909. The van der Waals surface area contributed by atoms with Gasteiger partial charge in [0.05, 0.1) is 0 Å². The molecule has 0 unspecified atom stereocenters. The number of hydrogen-bond acceptors (Lipinski definition) is 3. The van der Waals surface area contributed by atoms with Crippen LogP contribution in [0.5, 0.6) is 0 Å². The number of halogens is 1. The summed E-state index contributed by atoms with van der Waals surface area (Å²) in [5, 5.41) is 3.24. The van der Waals surface area contributed by atoms with Gasteiger partial charge in [0.25, 0.3) is 0 Å². The number of benzene rings is 2. The fourth-order valence-corrected chi connectivity index (χ4v) is 3.53. The lowest BCUT2D eigenvalue weighted by atomic mass is 9.98. The van der Waals surface area contributed by atoms with Gasteiger partial charge in [0.15, 0.2) is 0 Å². The van der Waals surface area contributed by atoms with Gasteiger partial charge < -0.3 is 15.0 Å². The van der Waals surface area contributed by atoms with Gasteiger partial charge in [-0.3, -0.25) is 0 Å². The highest BCUT2D eigenvalue weighted by Gasteiger charge is 2.29. The van der Waals surface area contributed by atoms with Gasteiger partial charge in [-0.2, -0.15) is 0 Å². The minimum Gasteiger partial charge on any atom is -0.448 e. The molecule has 4 rings (SSSR count). The van der Waals surface area contributed by atoms with Crippen LogP contribution in [0.3, 0.4) is 0 Å². The first kappa shape index (κ1) is 16.8. The van der Waals surface area contributed by atoms with Crippen molar-refractivity contribution in [3.63, 3.8) is 0 Å². The Morgan fingerprint density at radius 1 is 1.00 bits per heavy atom. The lowest BCUT2D eigenvalue weighted by Crippen LogP contribution is -2.46. The van der Waals surface area contributed by atoms with Crippen molar-refractivity contribution in [2.75, 3.05) is 32.8 Å². The number of fused-ring (bicyclic) bond motifs is 3. The molecule has 1 N–H and O–H groups in total. The molecule has 1 fully saturated rings. The van der Waals surface area contributed by atoms with Gasteiger partial charge in [-0.15, -0.1) is 12.4 Å². The molecule has 1 heterocycles. The van der Waals surface area contributed by atoms with Crippen LogP contribution in [0.25, 0.3) is 11.1 Å². The highest BCUT2D eigenvalue weighted by molar-refractivity contribution is 5.85. The zero-order valence-corrected chi connectivity index (χ0v) is 14.2. The highest BCUT2D eigenvalue weighted by atomic mass is 35.5. The minimum absolute atomic E-state index is 0. The number of piperazine rings is 1. The standard InChI is InChI=1S/C19H20N2O2.ClH/c22-19(21-11-9-20-10-12-21)23-13-18-16-7-3-1-5-14(16)15-6-2-4-8-17(15)18;/h1-8,18,20H,9-13H2;1H. The topological polar surface area (TPSA) is 41.6 Å². The number of hydrogen-bond donors (Lipinski definition) is 1. The molecule has 1 aliphatic heterocycles. The van der Waals surface area contributed by atoms with Crippen LogP contribution in [0.1, 0.15) is 17.0 Å². The highest BCUT2D eigenvalue weighted by Crippen LogP contribution is 2.44. The molecule has 0 saturated carbocycles. The summed E-state index contributed by atoms with van der Waals surface area (Å²) in [6, 6.07) is 16.8. The molecule has 1 amide bonds. The van der Waals surface area contributed by atoms with Crippen LogP contribution >= 0.6 is 12.4 Å². The van der Waals surface area contributed by atoms with Crippen molar-refractivity contribution in [1.29, 1.82) is 0 Å². The van der Waals surface area contributed by atoms with E-state index in [2.05, 4.69) is 53.8 Å². The Balaban J connectivity index is 0.00000169. The third-order valence-electron chi connectivity index (χ3n) is 4.71. The molecular formula is C19H21ClN2O2. The van der Waals surface area contributed by atoms with E-state index in [9.17, 15) is 4.79 Å². The maximum atomic E-state index is 12.3. The third-order valence-corrected chi connectivity index (χ3v) is 4.71. The Morgan fingerprint density at radius 2 is 1.54 bits per heavy atom. The molecule has 5 heteroatoms. The molecule has 2 aliphatic rings. The molecule has 1 saturated heterocycles. The predicted molar refractivity (Wildman–Crippen MR) is 96.8 cm³/mol. The van der Waals surface area contributed by atoms with Gasteiger partial charge in [-0.25, -0.2) is 4.79 Å². The van der Waals surface area contributed by atoms with Crippen LogP contribution in [0.4, 0.5) is 4.79 Å². The monoisotopic (exact) mass is 344 g/mol. The van der Waals surface area contributed by atoms with Gasteiger partial charge in [-0.1, -0.05) is 48.5 Å². The van der Waals surface area contributed by atoms with Crippen molar-refractivity contribution in [2.24, 2.45) is 0 Å². The van der Waals surface area contributed by atoms with Crippen molar-refractivity contribution in [3.05, 3.63) is 59.7 Å². The van der Waals surface area contributed by atoms with Crippen molar-refractivity contribution in [3.8, 4) is 11.1 Å². The van der Waals surface area contributed by atoms with Crippen LogP contribution < -0.4 is 5.32 Å². The molecule has 4 nitrogen and oxygen atoms in total. The second-order valence-electron chi connectivity index (χ2n) is 6.04. The zero-order chi connectivity index (χ0) is 15.6. The molecule has 24 heavy (non-hydrogen) atoms. The molecular weight excluding hydrogens is 324 g/mol. The normalized spacial score (nSPS) is 16.1. The van der Waals surface area contributed by atoms with E-state index in [1.54, 1.807) is 4.90 Å². The van der Waals surface area contributed by atoms with E-state index in [0.29, 0.717) is 6.61 Å². The molecule has 0 bridgehead atoms. The largest absolute Gasteiger partial charge is 0.448 e. The Labute approximate surface area is 148 Å². The summed E-state index contributed by atoms with van der Waals surface area (Å²) in [6.45, 7) is 3.51. The van der Waals surface area contributed by atoms with E-state index in [4.69, 9.17) is 4.74 Å². The second-order valence-corrected chi connectivity index (χ2v) is 6.04. The molecule has 0 aromatic heterocycles. The summed E-state index contributed by atoms with van der Waals surface area (Å²) in [4.78, 5) is 14.0. The number of carbonyl (C=O) groups is 1. The minimum atomic E-state index is -0.201. The molecule has 1 aliphatic carbocycles. The number of ether oxygens (including phenoxy) is 1. The average Bonchev–Trinajstić information content (AvgIpc) is 2.94.